The molecule has 1 heterocycles. The molecule has 0 saturated heterocycles. The van der Waals surface area contributed by atoms with Crippen molar-refractivity contribution in [2.75, 3.05) is 20.3 Å². The van der Waals surface area contributed by atoms with E-state index in [2.05, 4.69) is 15.5 Å². The number of rotatable bonds is 8. The largest absolute Gasteiger partial charge is 0.383 e. The average molecular weight is 369 g/mol. The molecular formula is C16H21ClN4O2S. The number of benzene rings is 1. The van der Waals surface area contributed by atoms with Gasteiger partial charge in [0.25, 0.3) is 0 Å². The molecule has 2 aromatic rings. The first kappa shape index (κ1) is 18.8. The van der Waals surface area contributed by atoms with E-state index in [4.69, 9.17) is 16.3 Å². The molecule has 0 aliphatic heterocycles. The molecule has 2 rings (SSSR count). The van der Waals surface area contributed by atoms with Gasteiger partial charge in [0.1, 0.15) is 0 Å². The first-order valence-corrected chi connectivity index (χ1v) is 8.95. The molecule has 0 spiro atoms. The summed E-state index contributed by atoms with van der Waals surface area (Å²) in [4.78, 5) is 12.1. The summed E-state index contributed by atoms with van der Waals surface area (Å²) >= 11 is 7.44. The highest BCUT2D eigenvalue weighted by Gasteiger charge is 2.20. The van der Waals surface area contributed by atoms with Crippen molar-refractivity contribution in [1.82, 2.24) is 20.1 Å². The summed E-state index contributed by atoms with van der Waals surface area (Å²) in [5, 5.41) is 12.4. The Morgan fingerprint density at radius 1 is 1.46 bits per heavy atom. The van der Waals surface area contributed by atoms with Gasteiger partial charge in [-0.1, -0.05) is 35.5 Å². The number of hydrogen-bond acceptors (Lipinski definition) is 5. The number of ether oxygens (including phenoxy) is 1. The van der Waals surface area contributed by atoms with Crippen molar-refractivity contribution in [1.29, 1.82) is 0 Å². The molecule has 1 atom stereocenters. The SMILES string of the molecule is CCn1c(S[C@H](C)C(=O)NCCOC)nnc1-c1cccc(Cl)c1. The normalized spacial score (nSPS) is 12.2. The number of carbonyl (C=O) groups is 1. The second kappa shape index (κ2) is 9.05. The summed E-state index contributed by atoms with van der Waals surface area (Å²) in [6.45, 7) is 5.56. The van der Waals surface area contributed by atoms with Crippen LogP contribution in [0.3, 0.4) is 0 Å². The molecular weight excluding hydrogens is 348 g/mol. The number of nitrogens with zero attached hydrogens (tertiary/aromatic N) is 3. The summed E-state index contributed by atoms with van der Waals surface area (Å²) in [6, 6.07) is 7.50. The van der Waals surface area contributed by atoms with E-state index in [1.807, 2.05) is 42.7 Å². The summed E-state index contributed by atoms with van der Waals surface area (Å²) in [6.07, 6.45) is 0. The van der Waals surface area contributed by atoms with E-state index in [1.54, 1.807) is 7.11 Å². The third-order valence-electron chi connectivity index (χ3n) is 3.37. The molecule has 0 aliphatic rings. The van der Waals surface area contributed by atoms with Gasteiger partial charge in [0.2, 0.25) is 5.91 Å². The van der Waals surface area contributed by atoms with E-state index >= 15 is 0 Å². The van der Waals surface area contributed by atoms with Crippen LogP contribution in [-0.2, 0) is 16.1 Å². The second-order valence-electron chi connectivity index (χ2n) is 5.10. The molecule has 6 nitrogen and oxygen atoms in total. The Morgan fingerprint density at radius 3 is 2.92 bits per heavy atom. The van der Waals surface area contributed by atoms with E-state index < -0.39 is 0 Å². The number of aromatic nitrogens is 3. The number of carbonyl (C=O) groups excluding carboxylic acids is 1. The van der Waals surface area contributed by atoms with Crippen molar-refractivity contribution in [3.63, 3.8) is 0 Å². The number of methoxy groups -OCH3 is 1. The van der Waals surface area contributed by atoms with Gasteiger partial charge in [-0.3, -0.25) is 4.79 Å². The van der Waals surface area contributed by atoms with E-state index in [-0.39, 0.29) is 11.2 Å². The minimum atomic E-state index is -0.274. The standard InChI is InChI=1S/C16H21ClN4O2S/c1-4-21-14(12-6-5-7-13(17)10-12)19-20-16(21)24-11(2)15(22)18-8-9-23-3/h5-7,10-11H,4,8-9H2,1-3H3,(H,18,22)/t11-/m1/s1. The Hall–Kier alpha value is -1.57. The second-order valence-corrected chi connectivity index (χ2v) is 6.85. The summed E-state index contributed by atoms with van der Waals surface area (Å²) in [5.74, 6) is 0.696. The van der Waals surface area contributed by atoms with Crippen LogP contribution in [0.4, 0.5) is 0 Å². The van der Waals surface area contributed by atoms with Crippen molar-refractivity contribution in [2.45, 2.75) is 30.8 Å². The molecule has 1 aromatic carbocycles. The summed E-state index contributed by atoms with van der Waals surface area (Å²) < 4.78 is 6.91. The predicted octanol–water partition coefficient (Wildman–Crippen LogP) is 2.86. The van der Waals surface area contributed by atoms with Gasteiger partial charge in [0.05, 0.1) is 11.9 Å². The van der Waals surface area contributed by atoms with Gasteiger partial charge in [-0.15, -0.1) is 10.2 Å². The molecule has 8 heteroatoms. The van der Waals surface area contributed by atoms with Crippen LogP contribution in [0, 0.1) is 0 Å². The van der Waals surface area contributed by atoms with Crippen molar-refractivity contribution in [3.05, 3.63) is 29.3 Å². The fourth-order valence-corrected chi connectivity index (χ4v) is 3.26. The number of thioether (sulfide) groups is 1. The topological polar surface area (TPSA) is 69.0 Å². The van der Waals surface area contributed by atoms with Crippen LogP contribution >= 0.6 is 23.4 Å². The third kappa shape index (κ3) is 4.72. The Morgan fingerprint density at radius 2 is 2.25 bits per heavy atom. The van der Waals surface area contributed by atoms with Gasteiger partial charge < -0.3 is 14.6 Å². The molecule has 0 fully saturated rings. The molecule has 1 N–H and O–H groups in total. The lowest BCUT2D eigenvalue weighted by molar-refractivity contribution is -0.120. The first-order valence-electron chi connectivity index (χ1n) is 7.69. The van der Waals surface area contributed by atoms with E-state index in [0.29, 0.717) is 29.9 Å². The average Bonchev–Trinajstić information content (AvgIpc) is 2.97. The summed E-state index contributed by atoms with van der Waals surface area (Å²) in [5.41, 5.74) is 0.904. The summed E-state index contributed by atoms with van der Waals surface area (Å²) in [7, 11) is 1.60. The fourth-order valence-electron chi connectivity index (χ4n) is 2.13. The lowest BCUT2D eigenvalue weighted by atomic mass is 10.2. The molecule has 0 unspecified atom stereocenters. The van der Waals surface area contributed by atoms with Crippen LogP contribution in [0.25, 0.3) is 11.4 Å². The van der Waals surface area contributed by atoms with Gasteiger partial charge in [0, 0.05) is 30.8 Å². The Labute approximate surface area is 150 Å². The molecule has 1 aromatic heterocycles. The van der Waals surface area contributed by atoms with Gasteiger partial charge in [0.15, 0.2) is 11.0 Å². The lowest BCUT2D eigenvalue weighted by Crippen LogP contribution is -2.33. The van der Waals surface area contributed by atoms with E-state index in [1.165, 1.54) is 11.8 Å². The number of nitrogens with one attached hydrogen (secondary N) is 1. The van der Waals surface area contributed by atoms with E-state index in [0.717, 1.165) is 11.4 Å². The Bertz CT molecular complexity index is 692. The van der Waals surface area contributed by atoms with Gasteiger partial charge >= 0.3 is 0 Å². The van der Waals surface area contributed by atoms with Crippen molar-refractivity contribution < 1.29 is 9.53 Å². The molecule has 0 radical (unpaired) electrons. The monoisotopic (exact) mass is 368 g/mol. The van der Waals surface area contributed by atoms with Gasteiger partial charge in [-0.25, -0.2) is 0 Å². The maximum Gasteiger partial charge on any atom is 0.233 e. The lowest BCUT2D eigenvalue weighted by Gasteiger charge is -2.12. The zero-order chi connectivity index (χ0) is 17.5. The third-order valence-corrected chi connectivity index (χ3v) is 4.69. The van der Waals surface area contributed by atoms with Crippen molar-refractivity contribution in [3.8, 4) is 11.4 Å². The molecule has 0 saturated carbocycles. The highest BCUT2D eigenvalue weighted by Crippen LogP contribution is 2.27. The molecule has 1 amide bonds. The fraction of sp³-hybridized carbons (Fsp3) is 0.438. The molecule has 130 valence electrons. The first-order chi connectivity index (χ1) is 11.6. The van der Waals surface area contributed by atoms with Gasteiger partial charge in [-0.2, -0.15) is 0 Å². The molecule has 0 bridgehead atoms. The van der Waals surface area contributed by atoms with Gasteiger partial charge in [-0.05, 0) is 26.0 Å². The highest BCUT2D eigenvalue weighted by atomic mass is 35.5. The van der Waals surface area contributed by atoms with Crippen molar-refractivity contribution >= 4 is 29.3 Å². The number of amides is 1. The maximum absolute atomic E-state index is 12.1. The zero-order valence-corrected chi connectivity index (χ0v) is 15.5. The highest BCUT2D eigenvalue weighted by molar-refractivity contribution is 8.00. The maximum atomic E-state index is 12.1. The quantitative estimate of drug-likeness (QED) is 0.573. The molecule has 0 aliphatic carbocycles. The molecule has 24 heavy (non-hydrogen) atoms. The Balaban J connectivity index is 2.13. The van der Waals surface area contributed by atoms with Crippen LogP contribution in [0.5, 0.6) is 0 Å². The van der Waals surface area contributed by atoms with E-state index in [9.17, 15) is 4.79 Å². The van der Waals surface area contributed by atoms with Crippen LogP contribution in [-0.4, -0.2) is 46.2 Å². The van der Waals surface area contributed by atoms with Crippen LogP contribution in [0.1, 0.15) is 13.8 Å². The van der Waals surface area contributed by atoms with Crippen LogP contribution in [0.15, 0.2) is 29.4 Å². The number of halogens is 1. The smallest absolute Gasteiger partial charge is 0.233 e. The number of hydrogen-bond donors (Lipinski definition) is 1. The Kier molecular flexibility index (Phi) is 7.08. The van der Waals surface area contributed by atoms with Crippen molar-refractivity contribution in [2.24, 2.45) is 0 Å². The van der Waals surface area contributed by atoms with Crippen LogP contribution < -0.4 is 5.32 Å². The zero-order valence-electron chi connectivity index (χ0n) is 14.0. The minimum absolute atomic E-state index is 0.0491. The predicted molar refractivity (Wildman–Crippen MR) is 96.3 cm³/mol. The van der Waals surface area contributed by atoms with Crippen LogP contribution in [0.2, 0.25) is 5.02 Å². The minimum Gasteiger partial charge on any atom is -0.383 e.